The molecule has 2 heterocycles. The van der Waals surface area contributed by atoms with Crippen LogP contribution in [-0.2, 0) is 0 Å². The Morgan fingerprint density at radius 3 is 2.92 bits per heavy atom. The minimum Gasteiger partial charge on any atom is -0.316 e. The van der Waals surface area contributed by atoms with Gasteiger partial charge in [-0.1, -0.05) is 0 Å². The maximum atomic E-state index is 12.8. The van der Waals surface area contributed by atoms with Crippen LogP contribution in [0.3, 0.4) is 0 Å². The van der Waals surface area contributed by atoms with E-state index in [1.807, 2.05) is 0 Å². The number of rotatable bonds is 3. The van der Waals surface area contributed by atoms with Gasteiger partial charge in [0.2, 0.25) is 0 Å². The van der Waals surface area contributed by atoms with Gasteiger partial charge in [0.1, 0.15) is 6.17 Å². The van der Waals surface area contributed by atoms with E-state index in [-0.39, 0.29) is 0 Å². The van der Waals surface area contributed by atoms with E-state index in [0.29, 0.717) is 6.54 Å². The summed E-state index contributed by atoms with van der Waals surface area (Å²) >= 11 is 0. The Morgan fingerprint density at radius 2 is 2.31 bits per heavy atom. The topological polar surface area (TPSA) is 15.3 Å². The molecule has 2 atom stereocenters. The summed E-state index contributed by atoms with van der Waals surface area (Å²) in [6.45, 7) is 5.11. The third-order valence-corrected chi connectivity index (χ3v) is 3.23. The molecule has 2 aliphatic heterocycles. The number of alkyl halides is 1. The highest BCUT2D eigenvalue weighted by Gasteiger charge is 2.22. The van der Waals surface area contributed by atoms with E-state index in [1.165, 1.54) is 25.9 Å². The van der Waals surface area contributed by atoms with Crippen molar-refractivity contribution in [3.8, 4) is 0 Å². The highest BCUT2D eigenvalue weighted by Crippen LogP contribution is 2.16. The summed E-state index contributed by atoms with van der Waals surface area (Å²) in [5.74, 6) is 0.846. The molecule has 0 radical (unpaired) electrons. The van der Waals surface area contributed by atoms with Crippen molar-refractivity contribution in [2.75, 3.05) is 32.7 Å². The van der Waals surface area contributed by atoms with Crippen LogP contribution in [0.5, 0.6) is 0 Å². The van der Waals surface area contributed by atoms with Gasteiger partial charge in [0.25, 0.3) is 0 Å². The summed E-state index contributed by atoms with van der Waals surface area (Å²) in [4.78, 5) is 2.27. The third kappa shape index (κ3) is 2.64. The SMILES string of the molecule is FC1CCN(CC[C@H]2CCNC2)C1. The van der Waals surface area contributed by atoms with E-state index >= 15 is 0 Å². The summed E-state index contributed by atoms with van der Waals surface area (Å²) in [5, 5.41) is 3.36. The fraction of sp³-hybridized carbons (Fsp3) is 1.00. The summed E-state index contributed by atoms with van der Waals surface area (Å²) in [6, 6.07) is 0. The van der Waals surface area contributed by atoms with Crippen LogP contribution in [0.15, 0.2) is 0 Å². The van der Waals surface area contributed by atoms with Gasteiger partial charge >= 0.3 is 0 Å². The molecule has 0 spiro atoms. The van der Waals surface area contributed by atoms with E-state index in [0.717, 1.165) is 25.4 Å². The molecule has 0 aromatic carbocycles. The molecule has 2 fully saturated rings. The number of nitrogens with zero attached hydrogens (tertiary/aromatic N) is 1. The quantitative estimate of drug-likeness (QED) is 0.708. The first-order valence-electron chi connectivity index (χ1n) is 5.42. The molecule has 0 saturated carbocycles. The van der Waals surface area contributed by atoms with Crippen molar-refractivity contribution in [1.29, 1.82) is 0 Å². The Balaban J connectivity index is 1.62. The molecule has 3 heteroatoms. The molecule has 13 heavy (non-hydrogen) atoms. The zero-order valence-electron chi connectivity index (χ0n) is 8.14. The van der Waals surface area contributed by atoms with E-state index < -0.39 is 6.17 Å². The highest BCUT2D eigenvalue weighted by atomic mass is 19.1. The minimum absolute atomic E-state index is 0.554. The molecule has 0 bridgehead atoms. The first kappa shape index (κ1) is 9.41. The number of likely N-dealkylation sites (tertiary alicyclic amines) is 1. The van der Waals surface area contributed by atoms with Crippen LogP contribution in [0.1, 0.15) is 19.3 Å². The lowest BCUT2D eigenvalue weighted by Gasteiger charge is -2.16. The standard InChI is InChI=1S/C10H19FN2/c11-10-3-6-13(8-10)5-2-9-1-4-12-7-9/h9-10,12H,1-8H2/t9-,10?/m1/s1. The van der Waals surface area contributed by atoms with Crippen molar-refractivity contribution in [2.45, 2.75) is 25.4 Å². The zero-order chi connectivity index (χ0) is 9.10. The third-order valence-electron chi connectivity index (χ3n) is 3.23. The van der Waals surface area contributed by atoms with Crippen molar-refractivity contribution in [2.24, 2.45) is 5.92 Å². The smallest absolute Gasteiger partial charge is 0.114 e. The molecule has 0 aliphatic carbocycles. The summed E-state index contributed by atoms with van der Waals surface area (Å²) in [6.07, 6.45) is 2.76. The normalized spacial score (nSPS) is 35.8. The molecular weight excluding hydrogens is 167 g/mol. The van der Waals surface area contributed by atoms with Crippen LogP contribution in [0.2, 0.25) is 0 Å². The van der Waals surface area contributed by atoms with Crippen LogP contribution < -0.4 is 5.32 Å². The molecule has 2 rings (SSSR count). The molecule has 2 saturated heterocycles. The maximum absolute atomic E-state index is 12.8. The largest absolute Gasteiger partial charge is 0.316 e. The van der Waals surface area contributed by atoms with Gasteiger partial charge in [0.05, 0.1) is 0 Å². The van der Waals surface area contributed by atoms with Gasteiger partial charge in [-0.05, 0) is 44.8 Å². The maximum Gasteiger partial charge on any atom is 0.114 e. The second kappa shape index (κ2) is 4.38. The Morgan fingerprint density at radius 1 is 1.38 bits per heavy atom. The van der Waals surface area contributed by atoms with Gasteiger partial charge in [0, 0.05) is 13.1 Å². The number of hydrogen-bond donors (Lipinski definition) is 1. The molecule has 0 amide bonds. The number of hydrogen-bond acceptors (Lipinski definition) is 2. The molecule has 1 N–H and O–H groups in total. The zero-order valence-corrected chi connectivity index (χ0v) is 8.14. The van der Waals surface area contributed by atoms with E-state index in [9.17, 15) is 4.39 Å². The van der Waals surface area contributed by atoms with Crippen LogP contribution >= 0.6 is 0 Å². The summed E-state index contributed by atoms with van der Waals surface area (Å²) in [7, 11) is 0. The highest BCUT2D eigenvalue weighted by molar-refractivity contribution is 4.77. The molecule has 2 aliphatic rings. The second-order valence-corrected chi connectivity index (χ2v) is 4.33. The lowest BCUT2D eigenvalue weighted by atomic mass is 10.1. The lowest BCUT2D eigenvalue weighted by Crippen LogP contribution is -2.24. The Hall–Kier alpha value is -0.150. The average molecular weight is 186 g/mol. The van der Waals surface area contributed by atoms with Crippen molar-refractivity contribution in [3.63, 3.8) is 0 Å². The van der Waals surface area contributed by atoms with Crippen molar-refractivity contribution in [1.82, 2.24) is 10.2 Å². The molecule has 0 aromatic rings. The first-order chi connectivity index (χ1) is 6.34. The van der Waals surface area contributed by atoms with Crippen molar-refractivity contribution >= 4 is 0 Å². The summed E-state index contributed by atoms with van der Waals surface area (Å²) in [5.41, 5.74) is 0. The van der Waals surface area contributed by atoms with Gasteiger partial charge in [0.15, 0.2) is 0 Å². The monoisotopic (exact) mass is 186 g/mol. The van der Waals surface area contributed by atoms with Gasteiger partial charge in [-0.15, -0.1) is 0 Å². The molecular formula is C10H19FN2. The average Bonchev–Trinajstić information content (AvgIpc) is 2.71. The first-order valence-corrected chi connectivity index (χ1v) is 5.42. The number of nitrogens with one attached hydrogen (secondary N) is 1. The Labute approximate surface area is 79.5 Å². The fourth-order valence-electron chi connectivity index (χ4n) is 2.31. The molecule has 1 unspecified atom stereocenters. The predicted octanol–water partition coefficient (Wildman–Crippen LogP) is 1.03. The summed E-state index contributed by atoms with van der Waals surface area (Å²) < 4.78 is 12.8. The van der Waals surface area contributed by atoms with Crippen molar-refractivity contribution < 1.29 is 4.39 Å². The molecule has 2 nitrogen and oxygen atoms in total. The predicted molar refractivity (Wildman–Crippen MR) is 51.5 cm³/mol. The van der Waals surface area contributed by atoms with Gasteiger partial charge in [-0.25, -0.2) is 4.39 Å². The van der Waals surface area contributed by atoms with Crippen LogP contribution in [-0.4, -0.2) is 43.8 Å². The Bertz CT molecular complexity index is 157. The molecule has 0 aromatic heterocycles. The van der Waals surface area contributed by atoms with E-state index in [1.54, 1.807) is 0 Å². The molecule has 76 valence electrons. The van der Waals surface area contributed by atoms with Gasteiger partial charge in [-0.3, -0.25) is 0 Å². The lowest BCUT2D eigenvalue weighted by molar-refractivity contribution is 0.272. The van der Waals surface area contributed by atoms with Crippen molar-refractivity contribution in [3.05, 3.63) is 0 Å². The van der Waals surface area contributed by atoms with E-state index in [2.05, 4.69) is 10.2 Å². The van der Waals surface area contributed by atoms with E-state index in [4.69, 9.17) is 0 Å². The van der Waals surface area contributed by atoms with Crippen LogP contribution in [0.4, 0.5) is 4.39 Å². The van der Waals surface area contributed by atoms with Crippen LogP contribution in [0, 0.1) is 5.92 Å². The second-order valence-electron chi connectivity index (χ2n) is 4.33. The van der Waals surface area contributed by atoms with Gasteiger partial charge < -0.3 is 10.2 Å². The fourth-order valence-corrected chi connectivity index (χ4v) is 2.31. The van der Waals surface area contributed by atoms with Gasteiger partial charge in [-0.2, -0.15) is 0 Å². The number of halogens is 1. The van der Waals surface area contributed by atoms with Crippen LogP contribution in [0.25, 0.3) is 0 Å². The Kier molecular flexibility index (Phi) is 3.17. The minimum atomic E-state index is -0.554.